The minimum absolute atomic E-state index is 0.0544. The summed E-state index contributed by atoms with van der Waals surface area (Å²) in [4.78, 5) is 12.0. The van der Waals surface area contributed by atoms with E-state index in [9.17, 15) is 4.79 Å². The second-order valence-electron chi connectivity index (χ2n) is 5.10. The Bertz CT molecular complexity index is 625. The van der Waals surface area contributed by atoms with E-state index >= 15 is 0 Å². The molecule has 0 saturated carbocycles. The summed E-state index contributed by atoms with van der Waals surface area (Å²) in [5.41, 5.74) is 2.35. The number of carbonyl (C=O) groups excluding carboxylic acids is 1. The molecule has 1 amide bonds. The van der Waals surface area contributed by atoms with Gasteiger partial charge in [-0.3, -0.25) is 4.79 Å². The molecule has 0 aliphatic carbocycles. The average Bonchev–Trinajstić information content (AvgIpc) is 2.54. The van der Waals surface area contributed by atoms with Crippen molar-refractivity contribution in [2.75, 3.05) is 6.61 Å². The molecule has 116 valence electrons. The molecule has 0 saturated heterocycles. The molecule has 0 aliphatic rings. The third-order valence-electron chi connectivity index (χ3n) is 3.46. The van der Waals surface area contributed by atoms with E-state index in [1.807, 2.05) is 31.2 Å². The number of aryl methyl sites for hydroxylation is 1. The predicted molar refractivity (Wildman–Crippen MR) is 89.3 cm³/mol. The van der Waals surface area contributed by atoms with E-state index < -0.39 is 0 Å². The summed E-state index contributed by atoms with van der Waals surface area (Å²) < 4.78 is 5.43. The summed E-state index contributed by atoms with van der Waals surface area (Å²) in [7, 11) is 0. The number of hydrogen-bond donors (Lipinski definition) is 1. The quantitative estimate of drug-likeness (QED) is 0.868. The zero-order valence-corrected chi connectivity index (χ0v) is 13.6. The molecule has 0 spiro atoms. The van der Waals surface area contributed by atoms with Gasteiger partial charge >= 0.3 is 0 Å². The van der Waals surface area contributed by atoms with Crippen molar-refractivity contribution < 1.29 is 9.53 Å². The van der Waals surface area contributed by atoms with Gasteiger partial charge in [0.1, 0.15) is 5.75 Å². The first kappa shape index (κ1) is 16.4. The summed E-state index contributed by atoms with van der Waals surface area (Å²) >= 11 is 5.98. The summed E-state index contributed by atoms with van der Waals surface area (Å²) in [5.74, 6) is 0.339. The highest BCUT2D eigenvalue weighted by molar-refractivity contribution is 6.32. The van der Waals surface area contributed by atoms with Crippen LogP contribution in [-0.2, 0) is 11.2 Å². The number of hydrogen-bond acceptors (Lipinski definition) is 2. The van der Waals surface area contributed by atoms with Gasteiger partial charge in [0.25, 0.3) is 5.91 Å². The lowest BCUT2D eigenvalue weighted by Crippen LogP contribution is -2.31. The van der Waals surface area contributed by atoms with Gasteiger partial charge in [0.05, 0.1) is 11.1 Å². The molecule has 0 aliphatic heterocycles. The average molecular weight is 318 g/mol. The first-order valence-electron chi connectivity index (χ1n) is 7.35. The maximum Gasteiger partial charge on any atom is 0.258 e. The van der Waals surface area contributed by atoms with Crippen molar-refractivity contribution in [1.82, 2.24) is 5.32 Å². The highest BCUT2D eigenvalue weighted by Gasteiger charge is 2.10. The van der Waals surface area contributed by atoms with E-state index in [1.54, 1.807) is 12.1 Å². The molecule has 4 heteroatoms. The number of benzene rings is 2. The van der Waals surface area contributed by atoms with Crippen LogP contribution in [0, 0.1) is 0 Å². The fourth-order valence-corrected chi connectivity index (χ4v) is 2.30. The summed E-state index contributed by atoms with van der Waals surface area (Å²) in [5, 5.41) is 3.41. The van der Waals surface area contributed by atoms with Gasteiger partial charge in [-0.1, -0.05) is 54.9 Å². The van der Waals surface area contributed by atoms with Crippen molar-refractivity contribution in [3.05, 3.63) is 64.7 Å². The molecule has 1 N–H and O–H groups in total. The monoisotopic (exact) mass is 317 g/mol. The lowest BCUT2D eigenvalue weighted by molar-refractivity contribution is -0.123. The molecular formula is C18H20ClNO2. The number of halogens is 1. The Morgan fingerprint density at radius 1 is 1.18 bits per heavy atom. The van der Waals surface area contributed by atoms with E-state index in [2.05, 4.69) is 24.4 Å². The maximum absolute atomic E-state index is 12.0. The Kier molecular flexibility index (Phi) is 5.84. The standard InChI is InChI=1S/C18H20ClNO2/c1-3-14-8-10-15(11-9-14)13(2)20-18(21)12-22-17-7-5-4-6-16(17)19/h4-11,13H,3,12H2,1-2H3,(H,20,21). The highest BCUT2D eigenvalue weighted by Crippen LogP contribution is 2.23. The van der Waals surface area contributed by atoms with Gasteiger partial charge in [-0.2, -0.15) is 0 Å². The number of nitrogens with one attached hydrogen (secondary N) is 1. The first-order chi connectivity index (χ1) is 10.6. The topological polar surface area (TPSA) is 38.3 Å². The van der Waals surface area contributed by atoms with Crippen LogP contribution in [0.25, 0.3) is 0 Å². The van der Waals surface area contributed by atoms with Crippen LogP contribution in [0.1, 0.15) is 31.0 Å². The Morgan fingerprint density at radius 2 is 1.86 bits per heavy atom. The van der Waals surface area contributed by atoms with E-state index in [0.717, 1.165) is 12.0 Å². The highest BCUT2D eigenvalue weighted by atomic mass is 35.5. The molecule has 2 aromatic rings. The van der Waals surface area contributed by atoms with Crippen molar-refractivity contribution in [2.24, 2.45) is 0 Å². The van der Waals surface area contributed by atoms with Crippen molar-refractivity contribution >= 4 is 17.5 Å². The zero-order valence-electron chi connectivity index (χ0n) is 12.8. The maximum atomic E-state index is 12.0. The van der Waals surface area contributed by atoms with Crippen molar-refractivity contribution in [2.45, 2.75) is 26.3 Å². The third-order valence-corrected chi connectivity index (χ3v) is 3.77. The van der Waals surface area contributed by atoms with E-state index in [-0.39, 0.29) is 18.6 Å². The number of rotatable bonds is 6. The minimum atomic E-state index is -0.174. The summed E-state index contributed by atoms with van der Waals surface area (Å²) in [6.07, 6.45) is 1.01. The molecule has 0 bridgehead atoms. The largest absolute Gasteiger partial charge is 0.482 e. The normalized spacial score (nSPS) is 11.8. The van der Waals surface area contributed by atoms with Gasteiger partial charge in [-0.25, -0.2) is 0 Å². The van der Waals surface area contributed by atoms with Crippen LogP contribution in [0.2, 0.25) is 5.02 Å². The van der Waals surface area contributed by atoms with Crippen LogP contribution in [0.15, 0.2) is 48.5 Å². The van der Waals surface area contributed by atoms with Gasteiger partial charge in [-0.05, 0) is 36.6 Å². The molecule has 2 rings (SSSR count). The zero-order chi connectivity index (χ0) is 15.9. The van der Waals surface area contributed by atoms with Crippen molar-refractivity contribution in [3.8, 4) is 5.75 Å². The van der Waals surface area contributed by atoms with Crippen molar-refractivity contribution in [1.29, 1.82) is 0 Å². The first-order valence-corrected chi connectivity index (χ1v) is 7.73. The summed E-state index contributed by atoms with van der Waals surface area (Å²) in [6, 6.07) is 15.3. The minimum Gasteiger partial charge on any atom is -0.482 e. The molecular weight excluding hydrogens is 298 g/mol. The SMILES string of the molecule is CCc1ccc(C(C)NC(=O)COc2ccccc2Cl)cc1. The number of ether oxygens (including phenoxy) is 1. The third kappa shape index (κ3) is 4.50. The van der Waals surface area contributed by atoms with Crippen LogP contribution in [0.3, 0.4) is 0 Å². The summed E-state index contributed by atoms with van der Waals surface area (Å²) in [6.45, 7) is 4.02. The van der Waals surface area contributed by atoms with E-state index in [1.165, 1.54) is 5.56 Å². The Hall–Kier alpha value is -2.00. The van der Waals surface area contributed by atoms with Gasteiger partial charge < -0.3 is 10.1 Å². The van der Waals surface area contributed by atoms with Crippen LogP contribution in [-0.4, -0.2) is 12.5 Å². The Balaban J connectivity index is 1.87. The molecule has 1 atom stereocenters. The van der Waals surface area contributed by atoms with Gasteiger partial charge in [-0.15, -0.1) is 0 Å². The van der Waals surface area contributed by atoms with Gasteiger partial charge in [0, 0.05) is 0 Å². The Morgan fingerprint density at radius 3 is 2.50 bits per heavy atom. The second kappa shape index (κ2) is 7.85. The molecule has 22 heavy (non-hydrogen) atoms. The fourth-order valence-electron chi connectivity index (χ4n) is 2.11. The molecule has 2 aromatic carbocycles. The Labute approximate surface area is 136 Å². The second-order valence-corrected chi connectivity index (χ2v) is 5.51. The lowest BCUT2D eigenvalue weighted by atomic mass is 10.1. The van der Waals surface area contributed by atoms with Crippen LogP contribution >= 0.6 is 11.6 Å². The van der Waals surface area contributed by atoms with E-state index in [0.29, 0.717) is 10.8 Å². The smallest absolute Gasteiger partial charge is 0.258 e. The molecule has 0 radical (unpaired) electrons. The van der Waals surface area contributed by atoms with Crippen LogP contribution < -0.4 is 10.1 Å². The molecule has 0 fully saturated rings. The number of carbonyl (C=O) groups is 1. The number of para-hydroxylation sites is 1. The molecule has 3 nitrogen and oxygen atoms in total. The predicted octanol–water partition coefficient (Wildman–Crippen LogP) is 4.16. The molecule has 1 unspecified atom stereocenters. The van der Waals surface area contributed by atoms with Crippen molar-refractivity contribution in [3.63, 3.8) is 0 Å². The van der Waals surface area contributed by atoms with Gasteiger partial charge in [0.15, 0.2) is 6.61 Å². The lowest BCUT2D eigenvalue weighted by Gasteiger charge is -2.15. The molecule has 0 heterocycles. The van der Waals surface area contributed by atoms with Crippen LogP contribution in [0.5, 0.6) is 5.75 Å². The number of amides is 1. The van der Waals surface area contributed by atoms with Crippen LogP contribution in [0.4, 0.5) is 0 Å². The molecule has 0 aromatic heterocycles. The van der Waals surface area contributed by atoms with Gasteiger partial charge in [0.2, 0.25) is 0 Å². The van der Waals surface area contributed by atoms with E-state index in [4.69, 9.17) is 16.3 Å². The fraction of sp³-hybridized carbons (Fsp3) is 0.278.